The fourth-order valence-corrected chi connectivity index (χ4v) is 3.23. The average molecular weight is 264 g/mol. The summed E-state index contributed by atoms with van der Waals surface area (Å²) in [6.45, 7) is 2.96. The summed E-state index contributed by atoms with van der Waals surface area (Å²) in [5.41, 5.74) is 7.13. The number of nitrogens with zero attached hydrogens (tertiary/aromatic N) is 1. The van der Waals surface area contributed by atoms with Crippen LogP contribution in [0.3, 0.4) is 0 Å². The third-order valence-electron chi connectivity index (χ3n) is 3.31. The van der Waals surface area contributed by atoms with E-state index in [1.807, 2.05) is 47.0 Å². The van der Waals surface area contributed by atoms with Gasteiger partial charge in [0.15, 0.2) is 0 Å². The lowest BCUT2D eigenvalue weighted by Gasteiger charge is -2.33. The summed E-state index contributed by atoms with van der Waals surface area (Å²) < 4.78 is 0. The summed E-state index contributed by atoms with van der Waals surface area (Å²) in [6.07, 6.45) is 0.402. The summed E-state index contributed by atoms with van der Waals surface area (Å²) in [5.74, 6) is 2.25. The number of thioether (sulfide) groups is 1. The molecule has 1 saturated heterocycles. The lowest BCUT2D eigenvalue weighted by atomic mass is 10.0. The molecule has 1 aliphatic rings. The molecule has 1 fully saturated rings. The van der Waals surface area contributed by atoms with Crippen molar-refractivity contribution < 1.29 is 4.79 Å². The SMILES string of the molecule is CC1CSCCN1C(=O)CC(N)c1ccccc1. The Labute approximate surface area is 113 Å². The Bertz CT molecular complexity index is 396. The van der Waals surface area contributed by atoms with Crippen LogP contribution in [-0.4, -0.2) is 34.9 Å². The summed E-state index contributed by atoms with van der Waals surface area (Å²) in [7, 11) is 0. The molecular weight excluding hydrogens is 244 g/mol. The lowest BCUT2D eigenvalue weighted by Crippen LogP contribution is -2.45. The zero-order chi connectivity index (χ0) is 13.0. The second-order valence-corrected chi connectivity index (χ2v) is 5.88. The molecule has 1 aliphatic heterocycles. The fraction of sp³-hybridized carbons (Fsp3) is 0.500. The van der Waals surface area contributed by atoms with E-state index < -0.39 is 0 Å². The Morgan fingerprint density at radius 3 is 2.89 bits per heavy atom. The molecule has 4 heteroatoms. The molecule has 0 aliphatic carbocycles. The minimum absolute atomic E-state index is 0.180. The number of hydrogen-bond acceptors (Lipinski definition) is 3. The standard InChI is InChI=1S/C14H20N2OS/c1-11-10-18-8-7-16(11)14(17)9-13(15)12-5-3-2-4-6-12/h2-6,11,13H,7-10,15H2,1H3. The van der Waals surface area contributed by atoms with E-state index in [9.17, 15) is 4.79 Å². The molecule has 3 nitrogen and oxygen atoms in total. The lowest BCUT2D eigenvalue weighted by molar-refractivity contribution is -0.133. The molecule has 1 amide bonds. The van der Waals surface area contributed by atoms with Gasteiger partial charge < -0.3 is 10.6 Å². The van der Waals surface area contributed by atoms with Gasteiger partial charge in [-0.05, 0) is 12.5 Å². The first-order chi connectivity index (χ1) is 8.68. The van der Waals surface area contributed by atoms with Gasteiger partial charge in [-0.1, -0.05) is 30.3 Å². The fourth-order valence-electron chi connectivity index (χ4n) is 2.22. The van der Waals surface area contributed by atoms with Crippen molar-refractivity contribution >= 4 is 17.7 Å². The Kier molecular flexibility index (Phi) is 4.66. The molecule has 2 rings (SSSR count). The van der Waals surface area contributed by atoms with Crippen LogP contribution < -0.4 is 5.73 Å². The number of benzene rings is 1. The molecule has 0 radical (unpaired) electrons. The van der Waals surface area contributed by atoms with Crippen molar-refractivity contribution in [2.24, 2.45) is 5.73 Å². The van der Waals surface area contributed by atoms with Gasteiger partial charge in [-0.15, -0.1) is 0 Å². The van der Waals surface area contributed by atoms with E-state index in [4.69, 9.17) is 5.73 Å². The molecule has 1 aromatic rings. The number of carbonyl (C=O) groups excluding carboxylic acids is 1. The largest absolute Gasteiger partial charge is 0.338 e. The predicted octanol–water partition coefficient (Wildman–Crippen LogP) is 2.04. The van der Waals surface area contributed by atoms with E-state index in [0.29, 0.717) is 12.5 Å². The molecular formula is C14H20N2OS. The van der Waals surface area contributed by atoms with Crippen LogP contribution in [0.25, 0.3) is 0 Å². The van der Waals surface area contributed by atoms with Gasteiger partial charge in [-0.3, -0.25) is 4.79 Å². The third-order valence-corrected chi connectivity index (χ3v) is 4.50. The van der Waals surface area contributed by atoms with E-state index in [-0.39, 0.29) is 11.9 Å². The molecule has 0 aromatic heterocycles. The van der Waals surface area contributed by atoms with Crippen molar-refractivity contribution in [3.8, 4) is 0 Å². The van der Waals surface area contributed by atoms with Gasteiger partial charge in [0, 0.05) is 36.6 Å². The number of carbonyl (C=O) groups is 1. The Balaban J connectivity index is 1.94. The summed E-state index contributed by atoms with van der Waals surface area (Å²) in [5, 5.41) is 0. The molecule has 1 aromatic carbocycles. The highest BCUT2D eigenvalue weighted by Gasteiger charge is 2.24. The first-order valence-electron chi connectivity index (χ1n) is 6.36. The van der Waals surface area contributed by atoms with Crippen molar-refractivity contribution in [1.29, 1.82) is 0 Å². The molecule has 98 valence electrons. The van der Waals surface area contributed by atoms with E-state index in [0.717, 1.165) is 23.6 Å². The summed E-state index contributed by atoms with van der Waals surface area (Å²) >= 11 is 1.91. The van der Waals surface area contributed by atoms with Crippen LogP contribution in [0, 0.1) is 0 Å². The first kappa shape index (κ1) is 13.4. The van der Waals surface area contributed by atoms with Crippen LogP contribution in [0.1, 0.15) is 24.9 Å². The van der Waals surface area contributed by atoms with E-state index in [2.05, 4.69) is 6.92 Å². The molecule has 0 bridgehead atoms. The molecule has 1 heterocycles. The maximum atomic E-state index is 12.2. The summed E-state index contributed by atoms with van der Waals surface area (Å²) in [6, 6.07) is 9.97. The second kappa shape index (κ2) is 6.25. The Morgan fingerprint density at radius 2 is 2.22 bits per heavy atom. The molecule has 0 spiro atoms. The second-order valence-electron chi connectivity index (χ2n) is 4.73. The molecule has 2 N–H and O–H groups in total. The monoisotopic (exact) mass is 264 g/mol. The van der Waals surface area contributed by atoms with Crippen molar-refractivity contribution in [3.05, 3.63) is 35.9 Å². The van der Waals surface area contributed by atoms with Crippen LogP contribution >= 0.6 is 11.8 Å². The maximum Gasteiger partial charge on any atom is 0.224 e. The van der Waals surface area contributed by atoms with Crippen LogP contribution in [-0.2, 0) is 4.79 Å². The number of nitrogens with two attached hydrogens (primary N) is 1. The zero-order valence-electron chi connectivity index (χ0n) is 10.7. The minimum atomic E-state index is -0.194. The Morgan fingerprint density at radius 1 is 1.50 bits per heavy atom. The number of amides is 1. The number of rotatable bonds is 3. The maximum absolute atomic E-state index is 12.2. The zero-order valence-corrected chi connectivity index (χ0v) is 11.5. The van der Waals surface area contributed by atoms with E-state index in [1.165, 1.54) is 0 Å². The topological polar surface area (TPSA) is 46.3 Å². The average Bonchev–Trinajstić information content (AvgIpc) is 2.40. The van der Waals surface area contributed by atoms with Crippen molar-refractivity contribution in [2.75, 3.05) is 18.1 Å². The van der Waals surface area contributed by atoms with Crippen LogP contribution in [0.5, 0.6) is 0 Å². The Hall–Kier alpha value is -1.00. The molecule has 18 heavy (non-hydrogen) atoms. The normalized spacial score (nSPS) is 21.7. The summed E-state index contributed by atoms with van der Waals surface area (Å²) in [4.78, 5) is 14.2. The molecule has 2 unspecified atom stereocenters. The van der Waals surface area contributed by atoms with Crippen LogP contribution in [0.4, 0.5) is 0 Å². The molecule has 0 saturated carbocycles. The van der Waals surface area contributed by atoms with Gasteiger partial charge in [0.25, 0.3) is 0 Å². The third kappa shape index (κ3) is 3.27. The number of hydrogen-bond donors (Lipinski definition) is 1. The molecule has 2 atom stereocenters. The van der Waals surface area contributed by atoms with Gasteiger partial charge >= 0.3 is 0 Å². The van der Waals surface area contributed by atoms with Gasteiger partial charge in [0.2, 0.25) is 5.91 Å². The highest BCUT2D eigenvalue weighted by atomic mass is 32.2. The van der Waals surface area contributed by atoms with Crippen molar-refractivity contribution in [2.45, 2.75) is 25.4 Å². The van der Waals surface area contributed by atoms with Crippen molar-refractivity contribution in [3.63, 3.8) is 0 Å². The van der Waals surface area contributed by atoms with Gasteiger partial charge in [-0.25, -0.2) is 0 Å². The predicted molar refractivity (Wildman–Crippen MR) is 76.5 cm³/mol. The van der Waals surface area contributed by atoms with E-state index in [1.54, 1.807) is 0 Å². The minimum Gasteiger partial charge on any atom is -0.338 e. The van der Waals surface area contributed by atoms with Crippen LogP contribution in [0.2, 0.25) is 0 Å². The van der Waals surface area contributed by atoms with Gasteiger partial charge in [-0.2, -0.15) is 11.8 Å². The van der Waals surface area contributed by atoms with Crippen molar-refractivity contribution in [1.82, 2.24) is 4.90 Å². The highest BCUT2D eigenvalue weighted by Crippen LogP contribution is 2.20. The van der Waals surface area contributed by atoms with E-state index >= 15 is 0 Å². The van der Waals surface area contributed by atoms with Gasteiger partial charge in [0.05, 0.1) is 0 Å². The first-order valence-corrected chi connectivity index (χ1v) is 7.51. The highest BCUT2D eigenvalue weighted by molar-refractivity contribution is 7.99. The quantitative estimate of drug-likeness (QED) is 0.909. The van der Waals surface area contributed by atoms with Crippen LogP contribution in [0.15, 0.2) is 30.3 Å². The smallest absolute Gasteiger partial charge is 0.224 e. The van der Waals surface area contributed by atoms with Gasteiger partial charge in [0.1, 0.15) is 0 Å².